The molecule has 0 aromatic carbocycles. The summed E-state index contributed by atoms with van der Waals surface area (Å²) in [5.41, 5.74) is 0. The van der Waals surface area contributed by atoms with E-state index in [-0.39, 0.29) is 12.6 Å². The molecular weight excluding hydrogens is 170 g/mol. The first-order valence-corrected chi connectivity index (χ1v) is 5.79. The highest BCUT2D eigenvalue weighted by molar-refractivity contribution is 7.99. The minimum absolute atomic E-state index is 0.245. The Hall–Kier alpha value is 0.270. The van der Waals surface area contributed by atoms with Gasteiger partial charge in [-0.2, -0.15) is 11.8 Å². The molecule has 0 radical (unpaired) electrons. The maximum Gasteiger partial charge on any atom is 0.0587 e. The number of nitrogens with one attached hydrogen (secondary N) is 1. The summed E-state index contributed by atoms with van der Waals surface area (Å²) in [5, 5.41) is 12.3. The van der Waals surface area contributed by atoms with Crippen molar-refractivity contribution < 1.29 is 5.11 Å². The van der Waals surface area contributed by atoms with E-state index in [0.717, 1.165) is 12.3 Å². The molecule has 0 fully saturated rings. The second kappa shape index (κ2) is 7.90. The monoisotopic (exact) mass is 191 g/mol. The van der Waals surface area contributed by atoms with E-state index in [2.05, 4.69) is 26.1 Å². The van der Waals surface area contributed by atoms with E-state index >= 15 is 0 Å². The van der Waals surface area contributed by atoms with Crippen molar-refractivity contribution in [2.45, 2.75) is 26.8 Å². The summed E-state index contributed by atoms with van der Waals surface area (Å²) in [5.74, 6) is 2.83. The van der Waals surface area contributed by atoms with Crippen LogP contribution in [0.1, 0.15) is 20.8 Å². The lowest BCUT2D eigenvalue weighted by molar-refractivity contribution is 0.213. The van der Waals surface area contributed by atoms with Crippen molar-refractivity contribution in [3.63, 3.8) is 0 Å². The Morgan fingerprint density at radius 1 is 1.42 bits per heavy atom. The molecule has 0 aliphatic heterocycles. The van der Waals surface area contributed by atoms with Gasteiger partial charge in [-0.05, 0) is 11.7 Å². The summed E-state index contributed by atoms with van der Waals surface area (Å²) < 4.78 is 0. The lowest BCUT2D eigenvalue weighted by Gasteiger charge is -2.19. The summed E-state index contributed by atoms with van der Waals surface area (Å²) in [6, 6.07) is 0.266. The molecule has 0 aliphatic carbocycles. The maximum atomic E-state index is 8.98. The number of hydrogen-bond acceptors (Lipinski definition) is 3. The fourth-order valence-corrected chi connectivity index (χ4v) is 1.52. The van der Waals surface area contributed by atoms with Gasteiger partial charge in [0.2, 0.25) is 0 Å². The van der Waals surface area contributed by atoms with Crippen LogP contribution in [0.3, 0.4) is 0 Å². The van der Waals surface area contributed by atoms with Crippen LogP contribution in [-0.4, -0.2) is 35.8 Å². The largest absolute Gasteiger partial charge is 0.395 e. The summed E-state index contributed by atoms with van der Waals surface area (Å²) in [6.07, 6.45) is 0. The standard InChI is InChI=1S/C9H21NOS/c1-4-12-6-5-10-9(7-11)8(2)3/h8-11H,4-7H2,1-3H3/t9-/m1/s1. The van der Waals surface area contributed by atoms with Gasteiger partial charge in [0.05, 0.1) is 6.61 Å². The van der Waals surface area contributed by atoms with Crippen molar-refractivity contribution in [1.82, 2.24) is 5.32 Å². The first kappa shape index (κ1) is 12.3. The van der Waals surface area contributed by atoms with Gasteiger partial charge in [-0.3, -0.25) is 0 Å². The van der Waals surface area contributed by atoms with Crippen molar-refractivity contribution in [3.8, 4) is 0 Å². The van der Waals surface area contributed by atoms with Crippen LogP contribution >= 0.6 is 11.8 Å². The number of thioether (sulfide) groups is 1. The lowest BCUT2D eigenvalue weighted by Crippen LogP contribution is -2.38. The van der Waals surface area contributed by atoms with Crippen molar-refractivity contribution in [3.05, 3.63) is 0 Å². The van der Waals surface area contributed by atoms with E-state index < -0.39 is 0 Å². The summed E-state index contributed by atoms with van der Waals surface area (Å²) >= 11 is 1.93. The molecule has 3 heteroatoms. The molecule has 0 aromatic heterocycles. The van der Waals surface area contributed by atoms with Gasteiger partial charge in [0.15, 0.2) is 0 Å². The molecule has 12 heavy (non-hydrogen) atoms. The number of hydrogen-bond donors (Lipinski definition) is 2. The fraction of sp³-hybridized carbons (Fsp3) is 1.00. The molecule has 0 rings (SSSR count). The molecular formula is C9H21NOS. The van der Waals surface area contributed by atoms with Crippen LogP contribution in [0.2, 0.25) is 0 Å². The quantitative estimate of drug-likeness (QED) is 0.596. The highest BCUT2D eigenvalue weighted by Crippen LogP contribution is 2.01. The molecule has 0 spiro atoms. The van der Waals surface area contributed by atoms with E-state index in [1.54, 1.807) is 0 Å². The van der Waals surface area contributed by atoms with Crippen LogP contribution in [0.5, 0.6) is 0 Å². The smallest absolute Gasteiger partial charge is 0.0587 e. The normalized spacial score (nSPS) is 13.8. The molecule has 0 bridgehead atoms. The van der Waals surface area contributed by atoms with Crippen LogP contribution in [0.15, 0.2) is 0 Å². The highest BCUT2D eigenvalue weighted by Gasteiger charge is 2.09. The molecule has 0 aliphatic rings. The van der Waals surface area contributed by atoms with Gasteiger partial charge in [-0.15, -0.1) is 0 Å². The van der Waals surface area contributed by atoms with E-state index in [0.29, 0.717) is 5.92 Å². The van der Waals surface area contributed by atoms with Gasteiger partial charge in [0.1, 0.15) is 0 Å². The van der Waals surface area contributed by atoms with Gasteiger partial charge >= 0.3 is 0 Å². The van der Waals surface area contributed by atoms with Crippen LogP contribution in [-0.2, 0) is 0 Å². The number of rotatable bonds is 7. The molecule has 0 saturated heterocycles. The molecule has 0 aromatic rings. The lowest BCUT2D eigenvalue weighted by atomic mass is 10.1. The molecule has 2 nitrogen and oxygen atoms in total. The van der Waals surface area contributed by atoms with Crippen molar-refractivity contribution in [1.29, 1.82) is 0 Å². The molecule has 2 N–H and O–H groups in total. The van der Waals surface area contributed by atoms with Crippen LogP contribution in [0, 0.1) is 5.92 Å². The summed E-state index contributed by atoms with van der Waals surface area (Å²) in [4.78, 5) is 0. The fourth-order valence-electron chi connectivity index (χ4n) is 0.972. The SMILES string of the molecule is CCSCCN[C@H](CO)C(C)C. The number of aliphatic hydroxyl groups is 1. The van der Waals surface area contributed by atoms with Crippen LogP contribution in [0.25, 0.3) is 0 Å². The minimum Gasteiger partial charge on any atom is -0.395 e. The summed E-state index contributed by atoms with van der Waals surface area (Å²) in [6.45, 7) is 7.66. The molecule has 0 unspecified atom stereocenters. The van der Waals surface area contributed by atoms with Gasteiger partial charge < -0.3 is 10.4 Å². The predicted octanol–water partition coefficient (Wildman–Crippen LogP) is 1.35. The van der Waals surface area contributed by atoms with Crippen molar-refractivity contribution >= 4 is 11.8 Å². The number of aliphatic hydroxyl groups excluding tert-OH is 1. The Morgan fingerprint density at radius 2 is 2.08 bits per heavy atom. The molecule has 0 heterocycles. The Bertz CT molecular complexity index is 98.5. The van der Waals surface area contributed by atoms with E-state index in [9.17, 15) is 0 Å². The van der Waals surface area contributed by atoms with Gasteiger partial charge in [0, 0.05) is 18.3 Å². The third-order valence-electron chi connectivity index (χ3n) is 1.86. The zero-order chi connectivity index (χ0) is 9.40. The Labute approximate surface area is 80.1 Å². The summed E-state index contributed by atoms with van der Waals surface area (Å²) in [7, 11) is 0. The second-order valence-corrected chi connectivity index (χ2v) is 4.58. The average molecular weight is 191 g/mol. The first-order chi connectivity index (χ1) is 5.72. The van der Waals surface area contributed by atoms with Crippen LogP contribution in [0.4, 0.5) is 0 Å². The molecule has 0 amide bonds. The Morgan fingerprint density at radius 3 is 2.50 bits per heavy atom. The third kappa shape index (κ3) is 5.86. The van der Waals surface area contributed by atoms with Crippen molar-refractivity contribution in [2.75, 3.05) is 24.7 Å². The Kier molecular flexibility index (Phi) is 8.07. The molecule has 1 atom stereocenters. The van der Waals surface area contributed by atoms with Crippen LogP contribution < -0.4 is 5.32 Å². The van der Waals surface area contributed by atoms with Gasteiger partial charge in [0.25, 0.3) is 0 Å². The third-order valence-corrected chi connectivity index (χ3v) is 2.76. The van der Waals surface area contributed by atoms with Crippen molar-refractivity contribution in [2.24, 2.45) is 5.92 Å². The van der Waals surface area contributed by atoms with Gasteiger partial charge in [-0.1, -0.05) is 20.8 Å². The zero-order valence-electron chi connectivity index (χ0n) is 8.34. The maximum absolute atomic E-state index is 8.98. The molecule has 0 saturated carbocycles. The predicted molar refractivity (Wildman–Crippen MR) is 56.7 cm³/mol. The van der Waals surface area contributed by atoms with E-state index in [1.165, 1.54) is 5.75 Å². The van der Waals surface area contributed by atoms with E-state index in [1.807, 2.05) is 11.8 Å². The average Bonchev–Trinajstić information content (AvgIpc) is 2.04. The second-order valence-electron chi connectivity index (χ2n) is 3.18. The first-order valence-electron chi connectivity index (χ1n) is 4.64. The minimum atomic E-state index is 0.245. The zero-order valence-corrected chi connectivity index (χ0v) is 9.16. The van der Waals surface area contributed by atoms with Gasteiger partial charge in [-0.25, -0.2) is 0 Å². The molecule has 74 valence electrons. The van der Waals surface area contributed by atoms with E-state index in [4.69, 9.17) is 5.11 Å². The Balaban J connectivity index is 3.32. The highest BCUT2D eigenvalue weighted by atomic mass is 32.2. The topological polar surface area (TPSA) is 32.3 Å².